The maximum absolute atomic E-state index is 14.3. The standard InChI is InChI=1S/C26H31BrN2O7/c1-4-11-28(16-7-9-17(34-3)10-8-16)24(32)22-26-15-18(27)21(36-26)19(25(33)35-14-5-2)20(26)23(31)29(22)12-6-13-30/h4-5,7-10,18-22,30H,1-2,6,11-15H2,3H3/t18?,19-,20-,21-,22?,26?/m0/s1. The van der Waals surface area contributed by atoms with Gasteiger partial charge in [-0.3, -0.25) is 14.4 Å². The number of likely N-dealkylation sites (tertiary alicyclic amines) is 1. The predicted molar refractivity (Wildman–Crippen MR) is 136 cm³/mol. The third kappa shape index (κ3) is 4.25. The Kier molecular flexibility index (Phi) is 7.87. The fraction of sp³-hybridized carbons (Fsp3) is 0.500. The zero-order valence-corrected chi connectivity index (χ0v) is 21.8. The number of carbonyl (C=O) groups excluding carboxylic acids is 3. The van der Waals surface area contributed by atoms with Gasteiger partial charge in [-0.1, -0.05) is 34.7 Å². The molecule has 1 aromatic carbocycles. The van der Waals surface area contributed by atoms with Crippen LogP contribution in [-0.4, -0.2) is 83.8 Å². The van der Waals surface area contributed by atoms with Gasteiger partial charge in [0.2, 0.25) is 5.91 Å². The number of benzene rings is 1. The molecule has 3 saturated heterocycles. The Hall–Kier alpha value is -2.69. The second-order valence-corrected chi connectivity index (χ2v) is 10.3. The highest BCUT2D eigenvalue weighted by Crippen LogP contribution is 2.60. The summed E-state index contributed by atoms with van der Waals surface area (Å²) in [4.78, 5) is 43.9. The van der Waals surface area contributed by atoms with E-state index in [2.05, 4.69) is 29.1 Å². The largest absolute Gasteiger partial charge is 0.497 e. The summed E-state index contributed by atoms with van der Waals surface area (Å²) in [6.45, 7) is 7.61. The van der Waals surface area contributed by atoms with E-state index in [4.69, 9.17) is 14.2 Å². The number of amides is 2. The molecule has 2 amide bonds. The molecular formula is C26H31BrN2O7. The summed E-state index contributed by atoms with van der Waals surface area (Å²) >= 11 is 3.62. The van der Waals surface area contributed by atoms with Crippen molar-refractivity contribution in [3.05, 3.63) is 49.6 Å². The number of esters is 1. The smallest absolute Gasteiger partial charge is 0.312 e. The molecule has 4 rings (SSSR count). The molecule has 10 heteroatoms. The van der Waals surface area contributed by atoms with Crippen molar-refractivity contribution in [3.63, 3.8) is 0 Å². The second-order valence-electron chi connectivity index (χ2n) is 9.13. The van der Waals surface area contributed by atoms with Crippen molar-refractivity contribution < 1.29 is 33.7 Å². The topological polar surface area (TPSA) is 106 Å². The zero-order valence-electron chi connectivity index (χ0n) is 20.2. The number of carbonyl (C=O) groups is 3. The molecule has 1 N–H and O–H groups in total. The SMILES string of the molecule is C=CCOC(=O)[C@H]1[C@H]2C(=O)N(CCCO)C(C(=O)N(CC=C)c3ccc(OC)cc3)C23CC(Br)[C@@H]1O3. The maximum atomic E-state index is 14.3. The van der Waals surface area contributed by atoms with Gasteiger partial charge in [0, 0.05) is 30.2 Å². The first-order valence-electron chi connectivity index (χ1n) is 11.9. The number of anilines is 1. The lowest BCUT2D eigenvalue weighted by Crippen LogP contribution is -2.57. The summed E-state index contributed by atoms with van der Waals surface area (Å²) < 4.78 is 17.0. The van der Waals surface area contributed by atoms with Crippen LogP contribution in [-0.2, 0) is 23.9 Å². The number of methoxy groups -OCH3 is 1. The van der Waals surface area contributed by atoms with Crippen LogP contribution in [0.2, 0.25) is 0 Å². The fourth-order valence-electron chi connectivity index (χ4n) is 5.76. The number of halogens is 1. The Labute approximate surface area is 218 Å². The molecule has 1 spiro atoms. The van der Waals surface area contributed by atoms with E-state index in [0.717, 1.165) is 0 Å². The summed E-state index contributed by atoms with van der Waals surface area (Å²) in [5.74, 6) is -2.28. The van der Waals surface area contributed by atoms with Crippen molar-refractivity contribution in [2.45, 2.75) is 35.4 Å². The highest BCUT2D eigenvalue weighted by molar-refractivity contribution is 9.09. The lowest BCUT2D eigenvalue weighted by atomic mass is 9.70. The number of alkyl halides is 1. The molecule has 3 aliphatic rings. The molecule has 3 unspecified atom stereocenters. The van der Waals surface area contributed by atoms with Crippen molar-refractivity contribution in [2.24, 2.45) is 11.8 Å². The van der Waals surface area contributed by atoms with E-state index in [1.165, 1.54) is 11.0 Å². The van der Waals surface area contributed by atoms with Crippen LogP contribution in [0.15, 0.2) is 49.6 Å². The van der Waals surface area contributed by atoms with Gasteiger partial charge in [-0.15, -0.1) is 6.58 Å². The van der Waals surface area contributed by atoms with Crippen LogP contribution in [0.1, 0.15) is 12.8 Å². The van der Waals surface area contributed by atoms with E-state index in [1.807, 2.05) is 0 Å². The zero-order chi connectivity index (χ0) is 26.0. The quantitative estimate of drug-likeness (QED) is 0.250. The van der Waals surface area contributed by atoms with Gasteiger partial charge >= 0.3 is 5.97 Å². The number of rotatable bonds is 11. The van der Waals surface area contributed by atoms with Crippen LogP contribution in [0.25, 0.3) is 0 Å². The minimum atomic E-state index is -1.20. The first-order chi connectivity index (χ1) is 17.3. The van der Waals surface area contributed by atoms with Crippen LogP contribution in [0.4, 0.5) is 5.69 Å². The Morgan fingerprint density at radius 2 is 2.03 bits per heavy atom. The summed E-state index contributed by atoms with van der Waals surface area (Å²) in [6, 6.07) is 6.05. The van der Waals surface area contributed by atoms with Crippen molar-refractivity contribution >= 4 is 39.4 Å². The van der Waals surface area contributed by atoms with E-state index < -0.39 is 35.6 Å². The Balaban J connectivity index is 1.75. The average Bonchev–Trinajstić information content (AvgIpc) is 3.47. The predicted octanol–water partition coefficient (Wildman–Crippen LogP) is 2.07. The molecule has 2 bridgehead atoms. The summed E-state index contributed by atoms with van der Waals surface area (Å²) in [5, 5.41) is 9.49. The van der Waals surface area contributed by atoms with Crippen LogP contribution in [0.5, 0.6) is 5.75 Å². The lowest BCUT2D eigenvalue weighted by molar-refractivity contribution is -0.153. The molecule has 0 aromatic heterocycles. The Bertz CT molecular complexity index is 1030. The van der Waals surface area contributed by atoms with Gasteiger partial charge in [-0.2, -0.15) is 0 Å². The van der Waals surface area contributed by atoms with E-state index >= 15 is 0 Å². The van der Waals surface area contributed by atoms with Crippen LogP contribution in [0, 0.1) is 11.8 Å². The summed E-state index contributed by atoms with van der Waals surface area (Å²) in [5.41, 5.74) is -0.591. The highest BCUT2D eigenvalue weighted by atomic mass is 79.9. The molecule has 0 radical (unpaired) electrons. The van der Waals surface area contributed by atoms with E-state index in [1.54, 1.807) is 42.4 Å². The molecule has 0 saturated carbocycles. The monoisotopic (exact) mass is 562 g/mol. The van der Waals surface area contributed by atoms with Crippen molar-refractivity contribution in [2.75, 3.05) is 38.3 Å². The molecule has 194 valence electrons. The Morgan fingerprint density at radius 1 is 1.31 bits per heavy atom. The third-order valence-electron chi connectivity index (χ3n) is 7.16. The number of fused-ring (bicyclic) bond motifs is 1. The molecule has 3 aliphatic heterocycles. The molecule has 0 aliphatic carbocycles. The molecular weight excluding hydrogens is 532 g/mol. The van der Waals surface area contributed by atoms with Crippen LogP contribution in [0.3, 0.4) is 0 Å². The average molecular weight is 563 g/mol. The lowest BCUT2D eigenvalue weighted by Gasteiger charge is -2.37. The molecule has 3 fully saturated rings. The second kappa shape index (κ2) is 10.7. The Morgan fingerprint density at radius 3 is 2.64 bits per heavy atom. The number of nitrogens with zero attached hydrogens (tertiary/aromatic N) is 2. The highest BCUT2D eigenvalue weighted by Gasteiger charge is 2.77. The number of aliphatic hydroxyl groups is 1. The van der Waals surface area contributed by atoms with Crippen LogP contribution >= 0.6 is 15.9 Å². The normalized spacial score (nSPS) is 30.1. The molecule has 1 aromatic rings. The van der Waals surface area contributed by atoms with Gasteiger partial charge < -0.3 is 29.1 Å². The van der Waals surface area contributed by atoms with E-state index in [-0.39, 0.29) is 49.4 Å². The fourth-order valence-corrected chi connectivity index (χ4v) is 6.70. The summed E-state index contributed by atoms with van der Waals surface area (Å²) in [7, 11) is 1.56. The molecule has 3 heterocycles. The number of hydrogen-bond acceptors (Lipinski definition) is 7. The van der Waals surface area contributed by atoms with E-state index in [0.29, 0.717) is 17.9 Å². The van der Waals surface area contributed by atoms with Gasteiger partial charge in [0.1, 0.15) is 24.0 Å². The molecule has 6 atom stereocenters. The minimum absolute atomic E-state index is 0.0179. The first kappa shape index (κ1) is 26.4. The molecule has 36 heavy (non-hydrogen) atoms. The van der Waals surface area contributed by atoms with Gasteiger partial charge in [-0.25, -0.2) is 0 Å². The van der Waals surface area contributed by atoms with Gasteiger partial charge in [0.15, 0.2) is 0 Å². The van der Waals surface area contributed by atoms with Gasteiger partial charge in [0.05, 0.1) is 25.0 Å². The van der Waals surface area contributed by atoms with Crippen molar-refractivity contribution in [1.29, 1.82) is 0 Å². The van der Waals surface area contributed by atoms with Crippen LogP contribution < -0.4 is 9.64 Å². The molecule has 9 nitrogen and oxygen atoms in total. The minimum Gasteiger partial charge on any atom is -0.497 e. The number of ether oxygens (including phenoxy) is 3. The van der Waals surface area contributed by atoms with Gasteiger partial charge in [-0.05, 0) is 37.1 Å². The maximum Gasteiger partial charge on any atom is 0.312 e. The van der Waals surface area contributed by atoms with Crippen molar-refractivity contribution in [3.8, 4) is 5.75 Å². The van der Waals surface area contributed by atoms with Gasteiger partial charge in [0.25, 0.3) is 5.91 Å². The number of hydrogen-bond donors (Lipinski definition) is 1. The van der Waals surface area contributed by atoms with Crippen molar-refractivity contribution in [1.82, 2.24) is 4.90 Å². The van der Waals surface area contributed by atoms with E-state index in [9.17, 15) is 19.5 Å². The third-order valence-corrected chi connectivity index (χ3v) is 8.00. The number of aliphatic hydroxyl groups excluding tert-OH is 1. The summed E-state index contributed by atoms with van der Waals surface area (Å²) in [6.07, 6.45) is 3.15. The first-order valence-corrected chi connectivity index (χ1v) is 12.8.